The summed E-state index contributed by atoms with van der Waals surface area (Å²) in [5.41, 5.74) is 1.62. The smallest absolute Gasteiger partial charge is 0.272 e. The predicted molar refractivity (Wildman–Crippen MR) is 153 cm³/mol. The number of halogens is 1. The van der Waals surface area contributed by atoms with Gasteiger partial charge in [0.1, 0.15) is 5.39 Å². The highest BCUT2D eigenvalue weighted by Gasteiger charge is 2.29. The van der Waals surface area contributed by atoms with E-state index in [9.17, 15) is 19.5 Å². The number of pyridine rings is 1. The van der Waals surface area contributed by atoms with Gasteiger partial charge in [0, 0.05) is 43.7 Å². The fourth-order valence-corrected chi connectivity index (χ4v) is 5.49. The van der Waals surface area contributed by atoms with Crippen molar-refractivity contribution < 1.29 is 19.4 Å². The summed E-state index contributed by atoms with van der Waals surface area (Å²) in [6, 6.07) is 16.3. The van der Waals surface area contributed by atoms with E-state index in [2.05, 4.69) is 10.2 Å². The van der Waals surface area contributed by atoms with Crippen molar-refractivity contribution in [3.05, 3.63) is 76.2 Å². The number of hydrogen-bond donors (Lipinski definition) is 2. The van der Waals surface area contributed by atoms with Crippen LogP contribution in [-0.4, -0.2) is 70.2 Å². The standard InChI is InChI=1S/C29H32N4O5.ClH/c1-31-25-21-10-6-7-11-22(21)33(18-23(35)19-8-4-3-5-9-19)29(37)24(25)27(38-2)26(31)28(36)30-20-12-14-32(15-13-20)16-17-34;/h3-11,20,34H,12-18H2,1-2H3,(H,30,36);1H. The molecule has 0 spiro atoms. The third kappa shape index (κ3) is 5.30. The number of aryl methyl sites for hydroxylation is 1. The molecule has 0 saturated carbocycles. The second-order valence-electron chi connectivity index (χ2n) is 9.68. The lowest BCUT2D eigenvalue weighted by Gasteiger charge is -2.31. The number of Topliss-reactive ketones (excluding diaryl/α,β-unsaturated/α-hetero) is 1. The zero-order valence-corrected chi connectivity index (χ0v) is 22.9. The monoisotopic (exact) mass is 552 g/mol. The summed E-state index contributed by atoms with van der Waals surface area (Å²) in [5, 5.41) is 13.3. The summed E-state index contributed by atoms with van der Waals surface area (Å²) >= 11 is 0. The van der Waals surface area contributed by atoms with Crippen molar-refractivity contribution in [2.75, 3.05) is 33.4 Å². The van der Waals surface area contributed by atoms with Gasteiger partial charge in [0.05, 0.1) is 31.3 Å². The van der Waals surface area contributed by atoms with Crippen LogP contribution in [-0.2, 0) is 13.6 Å². The number of carbonyl (C=O) groups excluding carboxylic acids is 2. The molecule has 2 aromatic heterocycles. The molecule has 4 aromatic rings. The average molecular weight is 553 g/mol. The van der Waals surface area contributed by atoms with Crippen LogP contribution in [0.4, 0.5) is 0 Å². The molecule has 10 heteroatoms. The number of piperidine rings is 1. The van der Waals surface area contributed by atoms with E-state index in [0.717, 1.165) is 31.3 Å². The molecule has 1 saturated heterocycles. The maximum Gasteiger partial charge on any atom is 0.272 e. The van der Waals surface area contributed by atoms with Crippen LogP contribution in [0.2, 0.25) is 0 Å². The zero-order chi connectivity index (χ0) is 26.8. The fourth-order valence-electron chi connectivity index (χ4n) is 5.49. The summed E-state index contributed by atoms with van der Waals surface area (Å²) < 4.78 is 8.88. The van der Waals surface area contributed by atoms with Gasteiger partial charge in [0.15, 0.2) is 17.2 Å². The second-order valence-corrected chi connectivity index (χ2v) is 9.68. The Morgan fingerprint density at radius 1 is 1.05 bits per heavy atom. The number of nitrogens with zero attached hydrogens (tertiary/aromatic N) is 3. The molecule has 0 radical (unpaired) electrons. The van der Waals surface area contributed by atoms with Gasteiger partial charge in [-0.15, -0.1) is 12.4 Å². The first-order valence-corrected chi connectivity index (χ1v) is 12.8. The molecule has 3 heterocycles. The van der Waals surface area contributed by atoms with Crippen LogP contribution in [0.15, 0.2) is 59.4 Å². The first-order chi connectivity index (χ1) is 18.4. The van der Waals surface area contributed by atoms with Crippen LogP contribution in [0.1, 0.15) is 33.7 Å². The van der Waals surface area contributed by atoms with E-state index in [1.54, 1.807) is 35.9 Å². The van der Waals surface area contributed by atoms with E-state index >= 15 is 0 Å². The maximum absolute atomic E-state index is 13.9. The molecule has 0 aliphatic carbocycles. The van der Waals surface area contributed by atoms with E-state index in [-0.39, 0.29) is 65.7 Å². The number of β-amino-alcohol motifs (C(OH)–C–C–N with tert-alkyl or cyclic N) is 1. The quantitative estimate of drug-likeness (QED) is 0.326. The Hall–Kier alpha value is -3.66. The van der Waals surface area contributed by atoms with Crippen LogP contribution in [0, 0.1) is 0 Å². The number of ketones is 1. The Morgan fingerprint density at radius 3 is 2.38 bits per heavy atom. The minimum absolute atomic E-state index is 0. The molecule has 1 aliphatic rings. The van der Waals surface area contributed by atoms with Crippen molar-refractivity contribution in [3.8, 4) is 5.75 Å². The van der Waals surface area contributed by atoms with Gasteiger partial charge in [-0.1, -0.05) is 48.5 Å². The van der Waals surface area contributed by atoms with Crippen LogP contribution < -0.4 is 15.6 Å². The number of para-hydroxylation sites is 1. The highest BCUT2D eigenvalue weighted by molar-refractivity contribution is 6.12. The van der Waals surface area contributed by atoms with Crippen molar-refractivity contribution in [2.24, 2.45) is 7.05 Å². The number of ether oxygens (including phenoxy) is 1. The Labute approximate surface area is 232 Å². The number of amides is 1. The highest BCUT2D eigenvalue weighted by Crippen LogP contribution is 2.34. The summed E-state index contributed by atoms with van der Waals surface area (Å²) in [5.74, 6) is -0.288. The molecular formula is C29H33ClN4O5. The molecule has 2 N–H and O–H groups in total. The molecule has 0 unspecified atom stereocenters. The number of aromatic nitrogens is 2. The van der Waals surface area contributed by atoms with E-state index in [0.29, 0.717) is 23.1 Å². The minimum atomic E-state index is -0.383. The number of benzene rings is 2. The molecule has 1 amide bonds. The van der Waals surface area contributed by atoms with Crippen molar-refractivity contribution in [1.82, 2.24) is 19.4 Å². The van der Waals surface area contributed by atoms with Crippen LogP contribution in [0.25, 0.3) is 21.8 Å². The summed E-state index contributed by atoms with van der Waals surface area (Å²) in [4.78, 5) is 42.7. The first kappa shape index (κ1) is 28.4. The summed E-state index contributed by atoms with van der Waals surface area (Å²) in [6.07, 6.45) is 1.55. The number of aliphatic hydroxyl groups is 1. The van der Waals surface area contributed by atoms with Gasteiger partial charge in [-0.3, -0.25) is 19.0 Å². The number of rotatable bonds is 8. The number of fused-ring (bicyclic) bond motifs is 3. The van der Waals surface area contributed by atoms with E-state index in [1.165, 1.54) is 11.7 Å². The van der Waals surface area contributed by atoms with Gasteiger partial charge in [-0.05, 0) is 18.9 Å². The van der Waals surface area contributed by atoms with Crippen LogP contribution >= 0.6 is 12.4 Å². The van der Waals surface area contributed by atoms with E-state index in [1.807, 2.05) is 30.3 Å². The van der Waals surface area contributed by atoms with Crippen molar-refractivity contribution in [2.45, 2.75) is 25.4 Å². The van der Waals surface area contributed by atoms with E-state index < -0.39 is 0 Å². The van der Waals surface area contributed by atoms with Crippen LogP contribution in [0.3, 0.4) is 0 Å². The molecule has 1 fully saturated rings. The van der Waals surface area contributed by atoms with Crippen molar-refractivity contribution in [3.63, 3.8) is 0 Å². The molecular weight excluding hydrogens is 520 g/mol. The molecule has 1 aliphatic heterocycles. The number of methoxy groups -OCH3 is 1. The average Bonchev–Trinajstić information content (AvgIpc) is 3.25. The van der Waals surface area contributed by atoms with Gasteiger partial charge < -0.3 is 24.6 Å². The topological polar surface area (TPSA) is 106 Å². The van der Waals surface area contributed by atoms with Gasteiger partial charge in [0.2, 0.25) is 0 Å². The van der Waals surface area contributed by atoms with Gasteiger partial charge in [-0.25, -0.2) is 0 Å². The Kier molecular flexibility index (Phi) is 8.74. The Morgan fingerprint density at radius 2 is 1.72 bits per heavy atom. The fraction of sp³-hybridized carbons (Fsp3) is 0.345. The van der Waals surface area contributed by atoms with Crippen molar-refractivity contribution in [1.29, 1.82) is 0 Å². The lowest BCUT2D eigenvalue weighted by Crippen LogP contribution is -2.45. The zero-order valence-electron chi connectivity index (χ0n) is 22.1. The number of aliphatic hydroxyl groups excluding tert-OH is 1. The Bertz CT molecular complexity index is 1560. The van der Waals surface area contributed by atoms with Crippen molar-refractivity contribution >= 4 is 45.9 Å². The highest BCUT2D eigenvalue weighted by atomic mass is 35.5. The van der Waals surface area contributed by atoms with Gasteiger partial charge >= 0.3 is 0 Å². The first-order valence-electron chi connectivity index (χ1n) is 12.8. The lowest BCUT2D eigenvalue weighted by atomic mass is 10.0. The molecule has 39 heavy (non-hydrogen) atoms. The SMILES string of the molecule is COc1c(C(=O)NC2CCN(CCO)CC2)n(C)c2c1c(=O)n(CC(=O)c1ccccc1)c1ccccc21.Cl. The Balaban J connectivity index is 0.00000353. The third-order valence-corrected chi connectivity index (χ3v) is 7.41. The number of carbonyl (C=O) groups is 2. The largest absolute Gasteiger partial charge is 0.493 e. The summed E-state index contributed by atoms with van der Waals surface area (Å²) in [6.45, 7) is 2.20. The van der Waals surface area contributed by atoms with E-state index in [4.69, 9.17) is 4.74 Å². The molecule has 5 rings (SSSR count). The second kappa shape index (κ2) is 12.0. The molecule has 9 nitrogen and oxygen atoms in total. The molecule has 0 bridgehead atoms. The maximum atomic E-state index is 13.9. The number of hydrogen-bond acceptors (Lipinski definition) is 6. The molecule has 206 valence electrons. The third-order valence-electron chi connectivity index (χ3n) is 7.41. The minimum Gasteiger partial charge on any atom is -0.493 e. The number of likely N-dealkylation sites (tertiary alicyclic amines) is 1. The molecule has 0 atom stereocenters. The molecule has 2 aromatic carbocycles. The summed E-state index contributed by atoms with van der Waals surface area (Å²) in [7, 11) is 3.21. The van der Waals surface area contributed by atoms with Crippen LogP contribution in [0.5, 0.6) is 5.75 Å². The number of nitrogens with one attached hydrogen (secondary N) is 1. The van der Waals surface area contributed by atoms with Gasteiger partial charge in [-0.2, -0.15) is 0 Å². The van der Waals surface area contributed by atoms with Gasteiger partial charge in [0.25, 0.3) is 11.5 Å². The lowest BCUT2D eigenvalue weighted by molar-refractivity contribution is 0.0891. The normalized spacial score (nSPS) is 14.3. The predicted octanol–water partition coefficient (Wildman–Crippen LogP) is 2.99.